The molecule has 0 aromatic carbocycles. The highest BCUT2D eigenvalue weighted by Crippen LogP contribution is 2.32. The number of fused-ring (bicyclic) bond motifs is 1. The average Bonchev–Trinajstić information content (AvgIpc) is 3.18. The van der Waals surface area contributed by atoms with Gasteiger partial charge < -0.3 is 32.3 Å². The highest BCUT2D eigenvalue weighted by molar-refractivity contribution is 7.14. The number of thiophene rings is 1. The molecule has 11 nitrogen and oxygen atoms in total. The Hall–Kier alpha value is -3.41. The molecule has 2 aromatic rings. The zero-order chi connectivity index (χ0) is 22.5. The third-order valence-electron chi connectivity index (χ3n) is 5.02. The second kappa shape index (κ2) is 9.60. The number of rotatable bonds is 9. The maximum atomic E-state index is 12.4. The fourth-order valence-corrected chi connectivity index (χ4v) is 4.31. The summed E-state index contributed by atoms with van der Waals surface area (Å²) in [5, 5.41) is 24.8. The van der Waals surface area contributed by atoms with Gasteiger partial charge in [-0.2, -0.15) is 9.97 Å². The molecule has 2 atom stereocenters. The van der Waals surface area contributed by atoms with Crippen LogP contribution < -0.4 is 22.1 Å². The Morgan fingerprint density at radius 2 is 2.10 bits per heavy atom. The second-order valence-corrected chi connectivity index (χ2v) is 8.53. The van der Waals surface area contributed by atoms with E-state index in [1.807, 2.05) is 6.07 Å². The number of aromatic hydroxyl groups is 1. The lowest BCUT2D eigenvalue weighted by Crippen LogP contribution is -2.41. The van der Waals surface area contributed by atoms with Crippen molar-refractivity contribution in [1.29, 1.82) is 0 Å². The molecule has 12 heteroatoms. The predicted molar refractivity (Wildman–Crippen MR) is 114 cm³/mol. The summed E-state index contributed by atoms with van der Waals surface area (Å²) < 4.78 is 0. The first-order valence-electron chi connectivity index (χ1n) is 9.72. The number of carboxylic acids is 1. The monoisotopic (exact) mass is 448 g/mol. The minimum Gasteiger partial charge on any atom is -0.493 e. The smallest absolute Gasteiger partial charge is 0.326 e. The van der Waals surface area contributed by atoms with Crippen molar-refractivity contribution >= 4 is 40.9 Å². The van der Waals surface area contributed by atoms with E-state index in [1.54, 1.807) is 6.07 Å². The number of aromatic nitrogens is 2. The van der Waals surface area contributed by atoms with Crippen LogP contribution in [0.2, 0.25) is 0 Å². The molecule has 1 aliphatic heterocycles. The number of aryl methyl sites for hydroxylation is 1. The average molecular weight is 449 g/mol. The largest absolute Gasteiger partial charge is 0.493 e. The van der Waals surface area contributed by atoms with Crippen LogP contribution in [-0.4, -0.2) is 50.6 Å². The van der Waals surface area contributed by atoms with Crippen LogP contribution in [0.4, 0.5) is 11.8 Å². The number of carboxylic acid groups (broad SMARTS) is 1. The van der Waals surface area contributed by atoms with Crippen LogP contribution in [0, 0.1) is 5.92 Å². The topological polar surface area (TPSA) is 194 Å². The van der Waals surface area contributed by atoms with Gasteiger partial charge in [-0.1, -0.05) is 0 Å². The van der Waals surface area contributed by atoms with Crippen LogP contribution in [0.3, 0.4) is 0 Å². The van der Waals surface area contributed by atoms with E-state index < -0.39 is 23.8 Å². The first-order chi connectivity index (χ1) is 14.7. The molecule has 0 spiro atoms. The Bertz CT molecular complexity index is 994. The van der Waals surface area contributed by atoms with Gasteiger partial charge in [0.1, 0.15) is 11.9 Å². The molecule has 2 amide bonds. The van der Waals surface area contributed by atoms with E-state index in [-0.39, 0.29) is 30.6 Å². The lowest BCUT2D eigenvalue weighted by molar-refractivity contribution is -0.139. The summed E-state index contributed by atoms with van der Waals surface area (Å²) in [6.07, 6.45) is 1.97. The number of carbonyl (C=O) groups excluding carboxylic acids is 2. The van der Waals surface area contributed by atoms with Crippen LogP contribution in [0.25, 0.3) is 0 Å². The van der Waals surface area contributed by atoms with E-state index in [4.69, 9.17) is 11.5 Å². The summed E-state index contributed by atoms with van der Waals surface area (Å²) in [5.41, 5.74) is 11.2. The number of carbonyl (C=O) groups is 3. The second-order valence-electron chi connectivity index (χ2n) is 7.36. The molecule has 0 saturated heterocycles. The Balaban J connectivity index is 1.54. The zero-order valence-electron chi connectivity index (χ0n) is 16.6. The van der Waals surface area contributed by atoms with E-state index in [0.717, 1.165) is 17.7 Å². The molecular formula is C19H24N6O5S. The van der Waals surface area contributed by atoms with Gasteiger partial charge in [-0.25, -0.2) is 4.79 Å². The van der Waals surface area contributed by atoms with Gasteiger partial charge in [0, 0.05) is 17.8 Å². The summed E-state index contributed by atoms with van der Waals surface area (Å²) in [7, 11) is 0. The van der Waals surface area contributed by atoms with Crippen LogP contribution in [0.5, 0.6) is 5.88 Å². The first-order valence-corrected chi connectivity index (χ1v) is 10.5. The van der Waals surface area contributed by atoms with E-state index in [9.17, 15) is 24.6 Å². The van der Waals surface area contributed by atoms with E-state index in [1.165, 1.54) is 11.3 Å². The van der Waals surface area contributed by atoms with Crippen molar-refractivity contribution in [2.75, 3.05) is 17.6 Å². The summed E-state index contributed by atoms with van der Waals surface area (Å²) >= 11 is 1.29. The molecule has 31 heavy (non-hydrogen) atoms. The minimum absolute atomic E-state index is 0.0198. The molecule has 166 valence electrons. The third-order valence-corrected chi connectivity index (χ3v) is 6.16. The summed E-state index contributed by atoms with van der Waals surface area (Å²) in [6, 6.07) is 2.31. The number of nitrogen functional groups attached to an aromatic ring is 1. The van der Waals surface area contributed by atoms with Crippen molar-refractivity contribution in [3.8, 4) is 5.88 Å². The number of hydrogen-bond acceptors (Lipinski definition) is 9. The SMILES string of the molecule is NC(=O)CC[C@H](NC(=O)c1ccc(CC[C@H]2CNc3nc(N)nc(O)c3C2)s1)C(=O)O. The standard InChI is InChI=1S/C19H24N6O5S/c20-14(26)6-4-12(18(29)30)23-17(28)13-5-3-10(31-13)2-1-9-7-11-15(22-8-9)24-19(21)25-16(11)27/h3,5,9,12H,1-2,4,6-8H2,(H2,20,26)(H,23,28)(H,29,30)(H4,21,22,24,25,27)/t9-,12+/m1/s1. The van der Waals surface area contributed by atoms with Gasteiger partial charge in [-0.15, -0.1) is 11.3 Å². The molecule has 0 bridgehead atoms. The van der Waals surface area contributed by atoms with Gasteiger partial charge in [0.15, 0.2) is 0 Å². The lowest BCUT2D eigenvalue weighted by Gasteiger charge is -2.25. The number of nitrogens with two attached hydrogens (primary N) is 2. The Labute approximate surface area is 181 Å². The number of nitrogens with zero attached hydrogens (tertiary/aromatic N) is 2. The highest BCUT2D eigenvalue weighted by atomic mass is 32.1. The van der Waals surface area contributed by atoms with Gasteiger partial charge in [0.2, 0.25) is 17.7 Å². The van der Waals surface area contributed by atoms with Crippen molar-refractivity contribution in [2.45, 2.75) is 38.1 Å². The Morgan fingerprint density at radius 3 is 2.81 bits per heavy atom. The number of nitrogens with one attached hydrogen (secondary N) is 2. The molecule has 1 aliphatic rings. The van der Waals surface area contributed by atoms with Crippen LogP contribution in [-0.2, 0) is 22.4 Å². The van der Waals surface area contributed by atoms with Crippen LogP contribution in [0.15, 0.2) is 12.1 Å². The summed E-state index contributed by atoms with van der Waals surface area (Å²) in [5.74, 6) is -1.63. The molecule has 0 fully saturated rings. The number of primary amides is 1. The van der Waals surface area contributed by atoms with Crippen molar-refractivity contribution < 1.29 is 24.6 Å². The molecular weight excluding hydrogens is 424 g/mol. The third kappa shape index (κ3) is 5.81. The van der Waals surface area contributed by atoms with Gasteiger partial charge in [-0.05, 0) is 43.7 Å². The predicted octanol–water partition coefficient (Wildman–Crippen LogP) is 0.491. The van der Waals surface area contributed by atoms with E-state index in [2.05, 4.69) is 20.6 Å². The van der Waals surface area contributed by atoms with Crippen molar-refractivity contribution in [3.05, 3.63) is 27.5 Å². The van der Waals surface area contributed by atoms with Crippen molar-refractivity contribution in [2.24, 2.45) is 11.7 Å². The molecule has 8 N–H and O–H groups in total. The van der Waals surface area contributed by atoms with E-state index >= 15 is 0 Å². The van der Waals surface area contributed by atoms with Crippen LogP contribution >= 0.6 is 11.3 Å². The molecule has 0 saturated carbocycles. The highest BCUT2D eigenvalue weighted by Gasteiger charge is 2.24. The normalized spacial score (nSPS) is 16.1. The molecule has 0 radical (unpaired) electrons. The lowest BCUT2D eigenvalue weighted by atomic mass is 9.92. The Kier molecular flexibility index (Phi) is 6.90. The number of hydrogen-bond donors (Lipinski definition) is 6. The molecule has 3 heterocycles. The number of amides is 2. The molecule has 3 rings (SSSR count). The Morgan fingerprint density at radius 1 is 1.32 bits per heavy atom. The zero-order valence-corrected chi connectivity index (χ0v) is 17.4. The fourth-order valence-electron chi connectivity index (χ4n) is 3.38. The molecule has 0 aliphatic carbocycles. The van der Waals surface area contributed by atoms with Crippen molar-refractivity contribution in [1.82, 2.24) is 15.3 Å². The quantitative estimate of drug-likeness (QED) is 0.316. The fraction of sp³-hybridized carbons (Fsp3) is 0.421. The van der Waals surface area contributed by atoms with Gasteiger partial charge >= 0.3 is 5.97 Å². The summed E-state index contributed by atoms with van der Waals surface area (Å²) in [6.45, 7) is 0.682. The van der Waals surface area contributed by atoms with E-state index in [0.29, 0.717) is 29.2 Å². The van der Waals surface area contributed by atoms with Gasteiger partial charge in [-0.3, -0.25) is 9.59 Å². The number of anilines is 2. The van der Waals surface area contributed by atoms with Gasteiger partial charge in [0.25, 0.3) is 5.91 Å². The molecule has 0 unspecified atom stereocenters. The molecule has 2 aromatic heterocycles. The first kappa shape index (κ1) is 22.3. The van der Waals surface area contributed by atoms with Gasteiger partial charge in [0.05, 0.1) is 10.4 Å². The maximum absolute atomic E-state index is 12.4. The number of aliphatic carboxylic acids is 1. The summed E-state index contributed by atoms with van der Waals surface area (Å²) in [4.78, 5) is 43.8. The maximum Gasteiger partial charge on any atom is 0.326 e. The van der Waals surface area contributed by atoms with Crippen molar-refractivity contribution in [3.63, 3.8) is 0 Å². The minimum atomic E-state index is -1.22. The van der Waals surface area contributed by atoms with Crippen LogP contribution in [0.1, 0.15) is 39.4 Å².